The Morgan fingerprint density at radius 2 is 1.96 bits per heavy atom. The molecule has 0 aliphatic heterocycles. The monoisotopic (exact) mass is 353 g/mol. The Labute approximate surface area is 148 Å². The molecule has 0 saturated carbocycles. The van der Waals surface area contributed by atoms with Gasteiger partial charge in [0.15, 0.2) is 0 Å². The number of hydrogen-bond donors (Lipinski definition) is 1. The third kappa shape index (κ3) is 3.69. The van der Waals surface area contributed by atoms with Crippen LogP contribution in [-0.2, 0) is 6.54 Å². The summed E-state index contributed by atoms with van der Waals surface area (Å²) in [5, 5.41) is 16.9. The van der Waals surface area contributed by atoms with Gasteiger partial charge in [-0.3, -0.25) is 4.79 Å². The number of aldehydes is 1. The highest BCUT2D eigenvalue weighted by Gasteiger charge is 2.21. The fraction of sp³-hybridized carbons (Fsp3) is 0.111. The Bertz CT molecular complexity index is 934. The topological polar surface area (TPSA) is 104 Å². The number of carbonyl (C=O) groups excluding carboxylic acids is 1. The Kier molecular flexibility index (Phi) is 4.93. The van der Waals surface area contributed by atoms with Gasteiger partial charge >= 0.3 is 5.97 Å². The number of nitrogens with zero attached hydrogens (tertiary/aromatic N) is 3. The first-order valence-corrected chi connectivity index (χ1v) is 7.63. The van der Waals surface area contributed by atoms with Gasteiger partial charge in [-0.2, -0.15) is 0 Å². The van der Waals surface area contributed by atoms with Crippen molar-refractivity contribution in [1.29, 1.82) is 0 Å². The fourth-order valence-corrected chi connectivity index (χ4v) is 2.31. The lowest BCUT2D eigenvalue weighted by Crippen LogP contribution is -2.06. The molecule has 2 aromatic carbocycles. The summed E-state index contributed by atoms with van der Waals surface area (Å²) in [5.74, 6) is -0.250. The molecule has 8 heteroatoms. The molecule has 1 aromatic heterocycles. The summed E-state index contributed by atoms with van der Waals surface area (Å²) in [5.41, 5.74) is 0.961. The zero-order chi connectivity index (χ0) is 18.5. The number of aromatic nitrogens is 3. The molecule has 132 valence electrons. The van der Waals surface area contributed by atoms with Crippen molar-refractivity contribution < 1.29 is 24.2 Å². The molecule has 1 N–H and O–H groups in total. The SMILES string of the molecule is COc1ccc(Cn2nnc(C(=O)O)c2Oc2cccc(C=O)c2)cc1. The molecule has 0 unspecified atom stereocenters. The van der Waals surface area contributed by atoms with Gasteiger partial charge in [0, 0.05) is 5.56 Å². The molecule has 0 spiro atoms. The molecule has 8 nitrogen and oxygen atoms in total. The molecular formula is C18H15N3O5. The molecule has 0 bridgehead atoms. The summed E-state index contributed by atoms with van der Waals surface area (Å²) < 4.78 is 12.1. The number of hydrogen-bond acceptors (Lipinski definition) is 6. The van der Waals surface area contributed by atoms with Crippen molar-refractivity contribution >= 4 is 12.3 Å². The second-order valence-corrected chi connectivity index (χ2v) is 5.35. The van der Waals surface area contributed by atoms with Crippen molar-refractivity contribution in [2.75, 3.05) is 7.11 Å². The third-order valence-electron chi connectivity index (χ3n) is 3.59. The maximum absolute atomic E-state index is 11.4. The largest absolute Gasteiger partial charge is 0.497 e. The van der Waals surface area contributed by atoms with Crippen LogP contribution in [0.15, 0.2) is 48.5 Å². The van der Waals surface area contributed by atoms with Crippen LogP contribution in [-0.4, -0.2) is 39.5 Å². The minimum absolute atomic E-state index is 0.0173. The first kappa shape index (κ1) is 17.2. The van der Waals surface area contributed by atoms with Crippen LogP contribution in [0.2, 0.25) is 0 Å². The van der Waals surface area contributed by atoms with Gasteiger partial charge in [-0.1, -0.05) is 29.5 Å². The second kappa shape index (κ2) is 7.47. The summed E-state index contributed by atoms with van der Waals surface area (Å²) in [7, 11) is 1.57. The smallest absolute Gasteiger partial charge is 0.362 e. The maximum atomic E-state index is 11.4. The molecular weight excluding hydrogens is 338 g/mol. The van der Waals surface area contributed by atoms with Gasteiger partial charge in [0.2, 0.25) is 5.69 Å². The minimum Gasteiger partial charge on any atom is -0.497 e. The Morgan fingerprint density at radius 1 is 1.19 bits per heavy atom. The molecule has 3 aromatic rings. The first-order chi connectivity index (χ1) is 12.6. The summed E-state index contributed by atoms with van der Waals surface area (Å²) in [6.07, 6.45) is 0.678. The van der Waals surface area contributed by atoms with Crippen molar-refractivity contribution in [1.82, 2.24) is 15.0 Å². The summed E-state index contributed by atoms with van der Waals surface area (Å²) in [6, 6.07) is 13.6. The molecule has 0 aliphatic rings. The Balaban J connectivity index is 1.92. The quantitative estimate of drug-likeness (QED) is 0.651. The van der Waals surface area contributed by atoms with E-state index in [9.17, 15) is 14.7 Å². The van der Waals surface area contributed by atoms with Crippen molar-refractivity contribution in [3.8, 4) is 17.4 Å². The van der Waals surface area contributed by atoms with E-state index in [-0.39, 0.29) is 18.1 Å². The van der Waals surface area contributed by atoms with E-state index in [1.807, 2.05) is 12.1 Å². The predicted octanol–water partition coefficient (Wildman–Crippen LogP) is 2.64. The van der Waals surface area contributed by atoms with Crippen LogP contribution in [0.3, 0.4) is 0 Å². The van der Waals surface area contributed by atoms with Crippen LogP contribution in [0.1, 0.15) is 26.4 Å². The van der Waals surface area contributed by atoms with Crippen LogP contribution in [0.25, 0.3) is 0 Å². The average molecular weight is 353 g/mol. The van der Waals surface area contributed by atoms with Gasteiger partial charge < -0.3 is 14.6 Å². The zero-order valence-electron chi connectivity index (χ0n) is 13.8. The van der Waals surface area contributed by atoms with Crippen LogP contribution in [0.5, 0.6) is 17.4 Å². The predicted molar refractivity (Wildman–Crippen MR) is 91.0 cm³/mol. The van der Waals surface area contributed by atoms with Gasteiger partial charge in [-0.05, 0) is 29.8 Å². The van der Waals surface area contributed by atoms with Crippen LogP contribution >= 0.6 is 0 Å². The Hall–Kier alpha value is -3.68. The van der Waals surface area contributed by atoms with Gasteiger partial charge in [-0.25, -0.2) is 9.48 Å². The zero-order valence-corrected chi connectivity index (χ0v) is 13.8. The van der Waals surface area contributed by atoms with Gasteiger partial charge in [0.05, 0.1) is 13.7 Å². The lowest BCUT2D eigenvalue weighted by molar-refractivity contribution is 0.0687. The number of aromatic carboxylic acids is 1. The van der Waals surface area contributed by atoms with Crippen LogP contribution in [0, 0.1) is 0 Å². The van der Waals surface area contributed by atoms with E-state index in [4.69, 9.17) is 9.47 Å². The highest BCUT2D eigenvalue weighted by molar-refractivity contribution is 5.87. The number of carbonyl (C=O) groups is 2. The van der Waals surface area contributed by atoms with E-state index < -0.39 is 5.97 Å². The number of carboxylic acids is 1. The van der Waals surface area contributed by atoms with Crippen LogP contribution < -0.4 is 9.47 Å². The van der Waals surface area contributed by atoms with Gasteiger partial charge in [0.1, 0.15) is 17.8 Å². The van der Waals surface area contributed by atoms with E-state index in [1.165, 1.54) is 10.7 Å². The maximum Gasteiger partial charge on any atom is 0.362 e. The first-order valence-electron chi connectivity index (χ1n) is 7.63. The number of benzene rings is 2. The van der Waals surface area contributed by atoms with E-state index in [0.717, 1.165) is 5.56 Å². The third-order valence-corrected chi connectivity index (χ3v) is 3.59. The molecule has 0 radical (unpaired) electrons. The summed E-state index contributed by atoms with van der Waals surface area (Å²) in [4.78, 5) is 22.3. The molecule has 0 atom stereocenters. The number of methoxy groups -OCH3 is 1. The number of ether oxygens (including phenoxy) is 2. The molecule has 0 saturated heterocycles. The Morgan fingerprint density at radius 3 is 2.62 bits per heavy atom. The molecule has 0 aliphatic carbocycles. The highest BCUT2D eigenvalue weighted by Crippen LogP contribution is 2.25. The van der Waals surface area contributed by atoms with E-state index in [0.29, 0.717) is 23.3 Å². The van der Waals surface area contributed by atoms with Gasteiger partial charge in [-0.15, -0.1) is 5.10 Å². The minimum atomic E-state index is -1.26. The van der Waals surface area contributed by atoms with Crippen molar-refractivity contribution in [2.45, 2.75) is 6.54 Å². The lowest BCUT2D eigenvalue weighted by Gasteiger charge is -2.09. The molecule has 3 rings (SSSR count). The molecule has 0 amide bonds. The summed E-state index contributed by atoms with van der Waals surface area (Å²) >= 11 is 0. The van der Waals surface area contributed by atoms with Gasteiger partial charge in [0.25, 0.3) is 5.88 Å². The number of carboxylic acid groups (broad SMARTS) is 1. The van der Waals surface area contributed by atoms with Crippen molar-refractivity contribution in [3.63, 3.8) is 0 Å². The second-order valence-electron chi connectivity index (χ2n) is 5.35. The average Bonchev–Trinajstić information content (AvgIpc) is 3.05. The van der Waals surface area contributed by atoms with E-state index in [1.54, 1.807) is 37.4 Å². The molecule has 0 fully saturated rings. The molecule has 1 heterocycles. The summed E-state index contributed by atoms with van der Waals surface area (Å²) in [6.45, 7) is 0.257. The normalized spacial score (nSPS) is 10.3. The van der Waals surface area contributed by atoms with E-state index in [2.05, 4.69) is 10.3 Å². The standard InChI is InChI=1S/C18H15N3O5/c1-25-14-7-5-12(6-8-14)10-21-17(16(18(23)24)19-20-21)26-15-4-2-3-13(9-15)11-22/h2-9,11H,10H2,1H3,(H,23,24). The van der Waals surface area contributed by atoms with E-state index >= 15 is 0 Å². The highest BCUT2D eigenvalue weighted by atomic mass is 16.5. The van der Waals surface area contributed by atoms with Crippen LogP contribution in [0.4, 0.5) is 0 Å². The number of rotatable bonds is 7. The van der Waals surface area contributed by atoms with Crippen molar-refractivity contribution in [3.05, 3.63) is 65.4 Å². The van der Waals surface area contributed by atoms with Crippen molar-refractivity contribution in [2.24, 2.45) is 0 Å². The molecule has 26 heavy (non-hydrogen) atoms. The fourth-order valence-electron chi connectivity index (χ4n) is 2.31. The lowest BCUT2D eigenvalue weighted by atomic mass is 10.2.